The highest BCUT2D eigenvalue weighted by molar-refractivity contribution is 5.93. The number of esters is 1. The van der Waals surface area contributed by atoms with Gasteiger partial charge in [0.1, 0.15) is 11.4 Å². The van der Waals surface area contributed by atoms with Gasteiger partial charge in [-0.3, -0.25) is 0 Å². The van der Waals surface area contributed by atoms with Crippen LogP contribution in [0.15, 0.2) is 12.1 Å². The fourth-order valence-electron chi connectivity index (χ4n) is 2.41. The molecule has 0 aliphatic carbocycles. The summed E-state index contributed by atoms with van der Waals surface area (Å²) in [7, 11) is 1.19. The molecule has 0 saturated carbocycles. The molecule has 0 aliphatic heterocycles. The Labute approximate surface area is 177 Å². The third kappa shape index (κ3) is 6.14. The molecule has 12 nitrogen and oxygen atoms in total. The number of nitrogens with one attached hydrogen (secondary N) is 2. The van der Waals surface area contributed by atoms with E-state index in [-0.39, 0.29) is 27.8 Å². The van der Waals surface area contributed by atoms with Crippen LogP contribution in [0.5, 0.6) is 0 Å². The van der Waals surface area contributed by atoms with Crippen molar-refractivity contribution in [3.8, 4) is 0 Å². The SMILES string of the molecule is CC(C)(C)c1cc(C(=O)O)c([N+](=O)[O-])[nH]1.COC(=O)c1cc(C(C)(C)C)[nH]c1[N+](=O)[O-]. The highest BCUT2D eigenvalue weighted by Gasteiger charge is 2.30. The summed E-state index contributed by atoms with van der Waals surface area (Å²) >= 11 is 0. The van der Waals surface area contributed by atoms with Gasteiger partial charge in [0.25, 0.3) is 0 Å². The minimum atomic E-state index is -1.30. The fourth-order valence-corrected chi connectivity index (χ4v) is 2.41. The molecule has 2 rings (SSSR count). The van der Waals surface area contributed by atoms with E-state index < -0.39 is 27.6 Å². The van der Waals surface area contributed by atoms with Gasteiger partial charge in [-0.2, -0.15) is 0 Å². The number of hydrogen-bond acceptors (Lipinski definition) is 7. The van der Waals surface area contributed by atoms with Crippen LogP contribution in [-0.2, 0) is 15.6 Å². The molecule has 0 amide bonds. The maximum Gasteiger partial charge on any atom is 0.346 e. The molecule has 3 N–H and O–H groups in total. The molecular weight excluding hydrogens is 412 g/mol. The fraction of sp³-hybridized carbons (Fsp3) is 0.474. The van der Waals surface area contributed by atoms with Crippen molar-refractivity contribution < 1.29 is 29.3 Å². The van der Waals surface area contributed by atoms with Gasteiger partial charge in [0.2, 0.25) is 0 Å². The van der Waals surface area contributed by atoms with Gasteiger partial charge in [-0.25, -0.2) is 19.6 Å². The molecule has 0 bridgehead atoms. The zero-order chi connectivity index (χ0) is 24.3. The van der Waals surface area contributed by atoms with Crippen LogP contribution >= 0.6 is 0 Å². The summed E-state index contributed by atoms with van der Waals surface area (Å²) in [5, 5.41) is 30.1. The number of carbonyl (C=O) groups excluding carboxylic acids is 1. The van der Waals surface area contributed by atoms with E-state index in [4.69, 9.17) is 5.11 Å². The van der Waals surface area contributed by atoms with E-state index in [0.717, 1.165) is 0 Å². The van der Waals surface area contributed by atoms with Gasteiger partial charge in [0.15, 0.2) is 11.1 Å². The van der Waals surface area contributed by atoms with E-state index in [1.807, 2.05) is 41.5 Å². The highest BCUT2D eigenvalue weighted by Crippen LogP contribution is 2.29. The quantitative estimate of drug-likeness (QED) is 0.364. The van der Waals surface area contributed by atoms with Gasteiger partial charge in [0, 0.05) is 23.0 Å². The topological polar surface area (TPSA) is 181 Å². The van der Waals surface area contributed by atoms with Crippen molar-refractivity contribution in [2.75, 3.05) is 7.11 Å². The lowest BCUT2D eigenvalue weighted by Gasteiger charge is -2.12. The molecule has 0 fully saturated rings. The molecule has 0 unspecified atom stereocenters. The molecule has 2 heterocycles. The van der Waals surface area contributed by atoms with E-state index >= 15 is 0 Å². The van der Waals surface area contributed by atoms with Crippen LogP contribution in [0.25, 0.3) is 0 Å². The van der Waals surface area contributed by atoms with E-state index in [1.54, 1.807) is 0 Å². The number of rotatable bonds is 4. The lowest BCUT2D eigenvalue weighted by Crippen LogP contribution is -2.11. The third-order valence-electron chi connectivity index (χ3n) is 4.21. The first kappa shape index (κ1) is 25.3. The summed E-state index contributed by atoms with van der Waals surface area (Å²) < 4.78 is 4.49. The number of carbonyl (C=O) groups is 2. The van der Waals surface area contributed by atoms with Crippen LogP contribution in [0.2, 0.25) is 0 Å². The summed E-state index contributed by atoms with van der Waals surface area (Å²) in [5.41, 5.74) is 0.170. The Bertz CT molecular complexity index is 974. The second-order valence-corrected chi connectivity index (χ2v) is 8.70. The zero-order valence-corrected chi connectivity index (χ0v) is 18.4. The van der Waals surface area contributed by atoms with E-state index in [0.29, 0.717) is 11.4 Å². The Morgan fingerprint density at radius 2 is 1.23 bits per heavy atom. The summed E-state index contributed by atoms with van der Waals surface area (Å²) in [6.45, 7) is 11.2. The Hall–Kier alpha value is -3.70. The maximum atomic E-state index is 11.3. The van der Waals surface area contributed by atoms with Gasteiger partial charge in [-0.05, 0) is 9.85 Å². The van der Waals surface area contributed by atoms with E-state index in [2.05, 4.69) is 14.7 Å². The Morgan fingerprint density at radius 1 is 0.871 bits per heavy atom. The number of nitrogens with zero attached hydrogens (tertiary/aromatic N) is 2. The molecule has 31 heavy (non-hydrogen) atoms. The maximum absolute atomic E-state index is 11.3. The van der Waals surface area contributed by atoms with Gasteiger partial charge < -0.3 is 30.1 Å². The Morgan fingerprint density at radius 3 is 1.48 bits per heavy atom. The number of aromatic carboxylic acids is 1. The molecule has 0 radical (unpaired) electrons. The molecular formula is C19H26N4O8. The monoisotopic (exact) mass is 438 g/mol. The lowest BCUT2D eigenvalue weighted by atomic mass is 9.92. The number of aromatic amines is 2. The Kier molecular flexibility index (Phi) is 7.34. The van der Waals surface area contributed by atoms with Crippen LogP contribution < -0.4 is 0 Å². The van der Waals surface area contributed by atoms with Crippen LogP contribution in [0.4, 0.5) is 11.6 Å². The summed E-state index contributed by atoms with van der Waals surface area (Å²) in [6.07, 6.45) is 0. The number of hydrogen-bond donors (Lipinski definition) is 3. The predicted molar refractivity (Wildman–Crippen MR) is 111 cm³/mol. The second-order valence-electron chi connectivity index (χ2n) is 8.70. The molecule has 0 saturated heterocycles. The van der Waals surface area contributed by atoms with Crippen LogP contribution in [-0.4, -0.2) is 44.0 Å². The van der Waals surface area contributed by atoms with Crippen molar-refractivity contribution in [1.29, 1.82) is 0 Å². The van der Waals surface area contributed by atoms with Crippen molar-refractivity contribution in [1.82, 2.24) is 9.97 Å². The molecule has 0 aromatic carbocycles. The molecule has 170 valence electrons. The standard InChI is InChI=1S/C10H14N2O4.C9H12N2O4/c1-10(2,3)7-5-6(9(13)16-4)8(11-7)12(14)15;1-9(2,3)6-4-5(8(12)13)7(10-6)11(14)15/h5,11H,1-4H3;4,10H,1-3H3,(H,12,13). The van der Waals surface area contributed by atoms with Gasteiger partial charge in [-0.15, -0.1) is 0 Å². The number of H-pyrrole nitrogens is 2. The van der Waals surface area contributed by atoms with Crippen molar-refractivity contribution in [3.05, 3.63) is 54.9 Å². The van der Waals surface area contributed by atoms with Gasteiger partial charge in [0.05, 0.1) is 7.11 Å². The smallest absolute Gasteiger partial charge is 0.346 e. The molecule has 2 aromatic heterocycles. The average Bonchev–Trinajstić information content (AvgIpc) is 3.25. The third-order valence-corrected chi connectivity index (χ3v) is 4.21. The first-order chi connectivity index (χ1) is 14.0. The first-order valence-corrected chi connectivity index (χ1v) is 9.08. The molecule has 2 aromatic rings. The van der Waals surface area contributed by atoms with Crippen molar-refractivity contribution in [2.45, 2.75) is 52.4 Å². The molecule has 12 heteroatoms. The summed E-state index contributed by atoms with van der Waals surface area (Å²) in [4.78, 5) is 47.2. The number of nitro groups is 2. The van der Waals surface area contributed by atoms with Gasteiger partial charge in [-0.1, -0.05) is 41.5 Å². The zero-order valence-electron chi connectivity index (χ0n) is 18.4. The molecule has 0 aliphatic rings. The molecule has 0 spiro atoms. The number of carboxylic acids is 1. The average molecular weight is 438 g/mol. The first-order valence-electron chi connectivity index (χ1n) is 9.08. The minimum absolute atomic E-state index is 0.0441. The number of methoxy groups -OCH3 is 1. The predicted octanol–water partition coefficient (Wildman–Crippen LogP) is 3.93. The van der Waals surface area contributed by atoms with E-state index in [9.17, 15) is 29.8 Å². The van der Waals surface area contributed by atoms with Crippen molar-refractivity contribution in [2.24, 2.45) is 0 Å². The normalized spacial score (nSPS) is 11.3. The number of ether oxygens (including phenoxy) is 1. The highest BCUT2D eigenvalue weighted by atomic mass is 16.6. The van der Waals surface area contributed by atoms with Crippen LogP contribution in [0, 0.1) is 20.2 Å². The largest absolute Gasteiger partial charge is 0.477 e. The summed E-state index contributed by atoms with van der Waals surface area (Å²) in [5.74, 6) is -2.80. The lowest BCUT2D eigenvalue weighted by molar-refractivity contribution is -0.389. The Balaban J connectivity index is 0.000000311. The number of carboxylic acid groups (broad SMARTS) is 1. The number of aromatic nitrogens is 2. The van der Waals surface area contributed by atoms with E-state index in [1.165, 1.54) is 19.2 Å². The van der Waals surface area contributed by atoms with Gasteiger partial charge >= 0.3 is 23.6 Å². The summed E-state index contributed by atoms with van der Waals surface area (Å²) in [6, 6.07) is 2.77. The van der Waals surface area contributed by atoms with Crippen LogP contribution in [0.1, 0.15) is 73.6 Å². The van der Waals surface area contributed by atoms with Crippen molar-refractivity contribution >= 4 is 23.6 Å². The molecule has 0 atom stereocenters. The minimum Gasteiger partial charge on any atom is -0.477 e. The van der Waals surface area contributed by atoms with Crippen LogP contribution in [0.3, 0.4) is 0 Å². The van der Waals surface area contributed by atoms with Crippen molar-refractivity contribution in [3.63, 3.8) is 0 Å². The second kappa shape index (κ2) is 8.98.